The molecule has 1 aliphatic heterocycles. The first-order valence-electron chi connectivity index (χ1n) is 9.35. The Bertz CT molecular complexity index is 967. The van der Waals surface area contributed by atoms with Gasteiger partial charge in [-0.2, -0.15) is 0 Å². The number of hydrogen-bond acceptors (Lipinski definition) is 4. The lowest BCUT2D eigenvalue weighted by atomic mass is 9.77. The second-order valence-corrected chi connectivity index (χ2v) is 8.64. The van der Waals surface area contributed by atoms with Crippen molar-refractivity contribution < 1.29 is 14.7 Å². The zero-order valence-electron chi connectivity index (χ0n) is 16.6. The van der Waals surface area contributed by atoms with Gasteiger partial charge in [0.2, 0.25) is 0 Å². The molecule has 2 atom stereocenters. The average Bonchev–Trinajstić information content (AvgIpc) is 2.61. The molecule has 4 nitrogen and oxygen atoms in total. The molecule has 3 rings (SSSR count). The summed E-state index contributed by atoms with van der Waals surface area (Å²) in [5, 5.41) is 12.0. The number of Topliss-reactive ketones (excluding diaryl/α,β-unsaturated/α-hetero) is 2. The maximum absolute atomic E-state index is 12.6. The first-order valence-corrected chi connectivity index (χ1v) is 10.1. The molecule has 0 saturated heterocycles. The van der Waals surface area contributed by atoms with Gasteiger partial charge in [-0.1, -0.05) is 35.3 Å². The third-order valence-corrected chi connectivity index (χ3v) is 5.78. The molecule has 2 aromatic carbocycles. The molecule has 1 heterocycles. The van der Waals surface area contributed by atoms with E-state index < -0.39 is 11.6 Å². The topological polar surface area (TPSA) is 57.6 Å². The molecule has 0 amide bonds. The van der Waals surface area contributed by atoms with Crippen LogP contribution in [-0.4, -0.2) is 22.2 Å². The van der Waals surface area contributed by atoms with E-state index in [1.165, 1.54) is 13.8 Å². The lowest BCUT2D eigenvalue weighted by Gasteiger charge is -2.51. The van der Waals surface area contributed by atoms with E-state index in [1.54, 1.807) is 24.3 Å². The van der Waals surface area contributed by atoms with Crippen molar-refractivity contribution >= 4 is 40.5 Å². The Labute approximate surface area is 180 Å². The van der Waals surface area contributed by atoms with Crippen LogP contribution in [0.5, 0.6) is 0 Å². The molecule has 6 heteroatoms. The fraction of sp³-hybridized carbons (Fsp3) is 0.304. The molecule has 0 fully saturated rings. The fourth-order valence-electron chi connectivity index (χ4n) is 4.24. The third kappa shape index (κ3) is 4.34. The molecule has 2 aromatic rings. The Balaban J connectivity index is 2.29. The summed E-state index contributed by atoms with van der Waals surface area (Å²) in [4.78, 5) is 26.7. The van der Waals surface area contributed by atoms with Gasteiger partial charge in [0.1, 0.15) is 11.5 Å². The van der Waals surface area contributed by atoms with Crippen molar-refractivity contribution in [1.29, 1.82) is 0 Å². The smallest absolute Gasteiger partial charge is 0.161 e. The van der Waals surface area contributed by atoms with E-state index in [9.17, 15) is 14.7 Å². The molecule has 0 bridgehead atoms. The van der Waals surface area contributed by atoms with E-state index in [0.717, 1.165) is 11.3 Å². The van der Waals surface area contributed by atoms with Gasteiger partial charge in [0, 0.05) is 28.6 Å². The Morgan fingerprint density at radius 1 is 1.03 bits per heavy atom. The number of aliphatic hydroxyl groups excluding tert-OH is 1. The second kappa shape index (κ2) is 8.21. The molecular weight excluding hydrogens is 409 g/mol. The van der Waals surface area contributed by atoms with Crippen LogP contribution in [0.4, 0.5) is 5.69 Å². The van der Waals surface area contributed by atoms with Crippen LogP contribution in [0.25, 0.3) is 0 Å². The summed E-state index contributed by atoms with van der Waals surface area (Å²) >= 11 is 12.2. The molecule has 2 unspecified atom stereocenters. The van der Waals surface area contributed by atoms with Crippen LogP contribution in [0.2, 0.25) is 10.0 Å². The Kier molecular flexibility index (Phi) is 6.06. The number of benzene rings is 2. The maximum Gasteiger partial charge on any atom is 0.161 e. The number of hydrogen-bond donors (Lipinski definition) is 1. The quantitative estimate of drug-likeness (QED) is 0.622. The first-order chi connectivity index (χ1) is 13.6. The van der Waals surface area contributed by atoms with Crippen LogP contribution >= 0.6 is 23.2 Å². The van der Waals surface area contributed by atoms with Gasteiger partial charge in [-0.3, -0.25) is 9.59 Å². The summed E-state index contributed by atoms with van der Waals surface area (Å²) in [5.41, 5.74) is 1.20. The van der Waals surface area contributed by atoms with E-state index in [0.29, 0.717) is 15.6 Å². The van der Waals surface area contributed by atoms with Crippen LogP contribution < -0.4 is 4.90 Å². The van der Waals surface area contributed by atoms with Crippen molar-refractivity contribution in [2.75, 3.05) is 4.90 Å². The van der Waals surface area contributed by atoms with Crippen LogP contribution in [0.1, 0.15) is 45.2 Å². The van der Waals surface area contributed by atoms with Crippen molar-refractivity contribution in [3.05, 3.63) is 75.5 Å². The van der Waals surface area contributed by atoms with E-state index >= 15 is 0 Å². The lowest BCUT2D eigenvalue weighted by molar-refractivity contribution is -0.118. The molecule has 1 N–H and O–H groups in total. The average molecular weight is 432 g/mol. The summed E-state index contributed by atoms with van der Waals surface area (Å²) in [6.45, 7) is 4.91. The molecule has 0 aromatic heterocycles. The maximum atomic E-state index is 12.6. The van der Waals surface area contributed by atoms with Gasteiger partial charge >= 0.3 is 0 Å². The predicted octanol–water partition coefficient (Wildman–Crippen LogP) is 6.08. The minimum absolute atomic E-state index is 0.000365. The zero-order chi connectivity index (χ0) is 21.3. The van der Waals surface area contributed by atoms with E-state index in [2.05, 4.69) is 0 Å². The van der Waals surface area contributed by atoms with Gasteiger partial charge in [-0.05, 0) is 62.7 Å². The zero-order valence-corrected chi connectivity index (χ0v) is 18.1. The largest absolute Gasteiger partial charge is 0.512 e. The molecule has 152 valence electrons. The normalized spacial score (nSPS) is 22.0. The van der Waals surface area contributed by atoms with Gasteiger partial charge in [0.15, 0.2) is 5.78 Å². The molecule has 0 aliphatic carbocycles. The highest BCUT2D eigenvalue weighted by Crippen LogP contribution is 2.47. The highest BCUT2D eigenvalue weighted by molar-refractivity contribution is 6.30. The lowest BCUT2D eigenvalue weighted by Crippen LogP contribution is -2.54. The van der Waals surface area contributed by atoms with Gasteiger partial charge in [0.05, 0.1) is 17.2 Å². The fourth-order valence-corrected chi connectivity index (χ4v) is 4.49. The van der Waals surface area contributed by atoms with Crippen LogP contribution in [-0.2, 0) is 9.59 Å². The van der Waals surface area contributed by atoms with E-state index in [-0.39, 0.29) is 30.2 Å². The third-order valence-electron chi connectivity index (χ3n) is 5.27. The van der Waals surface area contributed by atoms with Gasteiger partial charge in [-0.25, -0.2) is 0 Å². The van der Waals surface area contributed by atoms with Crippen molar-refractivity contribution in [2.45, 2.75) is 45.2 Å². The number of rotatable bonds is 5. The molecule has 0 radical (unpaired) electrons. The number of carbonyl (C=O) groups is 2. The molecule has 29 heavy (non-hydrogen) atoms. The van der Waals surface area contributed by atoms with Gasteiger partial charge in [0.25, 0.3) is 0 Å². The minimum Gasteiger partial charge on any atom is -0.512 e. The number of aliphatic hydroxyl groups is 1. The van der Waals surface area contributed by atoms with E-state index in [4.69, 9.17) is 23.2 Å². The molecule has 0 spiro atoms. The minimum atomic E-state index is -0.729. The molecule has 1 aliphatic rings. The van der Waals surface area contributed by atoms with Gasteiger partial charge in [-0.15, -0.1) is 0 Å². The summed E-state index contributed by atoms with van der Waals surface area (Å²) in [6, 6.07) is 13.9. The monoisotopic (exact) mass is 431 g/mol. The highest BCUT2D eigenvalue weighted by Gasteiger charge is 2.46. The summed E-state index contributed by atoms with van der Waals surface area (Å²) in [6.07, 6.45) is 0.406. The van der Waals surface area contributed by atoms with Crippen LogP contribution in [0.15, 0.2) is 59.9 Å². The summed E-state index contributed by atoms with van der Waals surface area (Å²) < 4.78 is 0. The molecule has 0 saturated carbocycles. The van der Waals surface area contributed by atoms with E-state index in [1.807, 2.05) is 36.1 Å². The Hall–Kier alpha value is -2.30. The summed E-state index contributed by atoms with van der Waals surface area (Å²) in [7, 11) is 0. The van der Waals surface area contributed by atoms with Crippen molar-refractivity contribution in [3.63, 3.8) is 0 Å². The SMILES string of the molecule is CC(=O)CC1(C)CC(O)=C(C(C)=O)C(c2ccc(Cl)cc2)N1c1ccc(Cl)cc1. The van der Waals surface area contributed by atoms with Crippen LogP contribution in [0, 0.1) is 0 Å². The number of halogens is 2. The van der Waals surface area contributed by atoms with Crippen molar-refractivity contribution in [1.82, 2.24) is 0 Å². The standard InChI is InChI=1S/C23H23Cl2NO3/c1-14(27)12-23(3)13-20(29)21(15(2)28)22(16-4-6-17(24)7-5-16)26(23)19-10-8-18(25)9-11-19/h4-11,22,29H,12-13H2,1-3H3. The predicted molar refractivity (Wildman–Crippen MR) is 117 cm³/mol. The van der Waals surface area contributed by atoms with Crippen molar-refractivity contribution in [3.8, 4) is 0 Å². The second-order valence-electron chi connectivity index (χ2n) is 7.77. The number of anilines is 1. The number of ketones is 2. The summed E-state index contributed by atoms with van der Waals surface area (Å²) in [5.74, 6) is -0.196. The Morgan fingerprint density at radius 2 is 1.55 bits per heavy atom. The first kappa shape index (κ1) is 21.4. The number of nitrogens with zero attached hydrogens (tertiary/aromatic N) is 1. The van der Waals surface area contributed by atoms with Gasteiger partial charge < -0.3 is 10.0 Å². The van der Waals surface area contributed by atoms with Crippen molar-refractivity contribution in [2.24, 2.45) is 0 Å². The van der Waals surface area contributed by atoms with Crippen LogP contribution in [0.3, 0.4) is 0 Å². The highest BCUT2D eigenvalue weighted by atomic mass is 35.5. The number of carbonyl (C=O) groups excluding carboxylic acids is 2. The Morgan fingerprint density at radius 3 is 2.03 bits per heavy atom. The molecular formula is C23H23Cl2NO3.